The summed E-state index contributed by atoms with van der Waals surface area (Å²) in [5.41, 5.74) is 0.995. The minimum atomic E-state index is -0.685. The molecule has 0 radical (unpaired) electrons. The van der Waals surface area contributed by atoms with E-state index in [0.29, 0.717) is 29.0 Å². The van der Waals surface area contributed by atoms with Crippen molar-refractivity contribution in [3.8, 4) is 0 Å². The number of nitrogens with zero attached hydrogens (tertiary/aromatic N) is 1. The Morgan fingerprint density at radius 1 is 1.23 bits per heavy atom. The van der Waals surface area contributed by atoms with Crippen LogP contribution in [0.4, 0.5) is 5.13 Å². The van der Waals surface area contributed by atoms with Gasteiger partial charge >= 0.3 is 11.8 Å². The van der Waals surface area contributed by atoms with Gasteiger partial charge in [-0.15, -0.1) is 11.3 Å². The fraction of sp³-hybridized carbons (Fsp3) is 0.316. The first kappa shape index (κ1) is 18.6. The van der Waals surface area contributed by atoms with Gasteiger partial charge in [-0.05, 0) is 36.8 Å². The maximum atomic E-state index is 12.0. The molecule has 1 atom stereocenters. The van der Waals surface area contributed by atoms with Crippen LogP contribution in [-0.4, -0.2) is 23.3 Å². The van der Waals surface area contributed by atoms with Gasteiger partial charge in [-0.2, -0.15) is 0 Å². The lowest BCUT2D eigenvalue weighted by Gasteiger charge is -2.17. The van der Waals surface area contributed by atoms with Gasteiger partial charge in [-0.3, -0.25) is 14.9 Å². The van der Waals surface area contributed by atoms with E-state index in [1.165, 1.54) is 11.3 Å². The number of hydrogen-bond acceptors (Lipinski definition) is 4. The monoisotopic (exact) mass is 389 g/mol. The number of benzene rings is 1. The van der Waals surface area contributed by atoms with Crippen molar-refractivity contribution in [1.82, 2.24) is 10.3 Å². The van der Waals surface area contributed by atoms with Crippen LogP contribution in [0.2, 0.25) is 5.02 Å². The Morgan fingerprint density at radius 3 is 2.85 bits per heavy atom. The molecule has 1 aromatic heterocycles. The summed E-state index contributed by atoms with van der Waals surface area (Å²) in [5.74, 6) is -0.906. The first-order chi connectivity index (χ1) is 12.6. The summed E-state index contributed by atoms with van der Waals surface area (Å²) in [6.07, 6.45) is 9.60. The number of rotatable bonds is 5. The minimum Gasteiger partial charge on any atom is -0.348 e. The summed E-state index contributed by atoms with van der Waals surface area (Å²) in [6.45, 7) is 0.520. The fourth-order valence-electron chi connectivity index (χ4n) is 2.79. The number of amides is 2. The predicted octanol–water partition coefficient (Wildman–Crippen LogP) is 3.80. The number of nitrogens with one attached hydrogen (secondary N) is 2. The van der Waals surface area contributed by atoms with E-state index in [4.69, 9.17) is 11.6 Å². The van der Waals surface area contributed by atoms with Crippen molar-refractivity contribution in [3.05, 3.63) is 58.1 Å². The molecule has 0 bridgehead atoms. The number of aromatic nitrogens is 1. The van der Waals surface area contributed by atoms with E-state index in [1.54, 1.807) is 6.20 Å². The highest BCUT2D eigenvalue weighted by Gasteiger charge is 2.18. The molecule has 0 fully saturated rings. The van der Waals surface area contributed by atoms with Crippen molar-refractivity contribution in [2.45, 2.75) is 25.7 Å². The molecule has 26 heavy (non-hydrogen) atoms. The van der Waals surface area contributed by atoms with Crippen LogP contribution in [0.5, 0.6) is 0 Å². The second-order valence-electron chi connectivity index (χ2n) is 6.21. The van der Waals surface area contributed by atoms with Crippen LogP contribution in [0.1, 0.15) is 29.7 Å². The maximum Gasteiger partial charge on any atom is 0.315 e. The quantitative estimate of drug-likeness (QED) is 0.603. The van der Waals surface area contributed by atoms with Gasteiger partial charge in [0.05, 0.1) is 0 Å². The normalized spacial score (nSPS) is 16.3. The maximum absolute atomic E-state index is 12.0. The van der Waals surface area contributed by atoms with Crippen LogP contribution in [0.25, 0.3) is 0 Å². The average Bonchev–Trinajstić information content (AvgIpc) is 3.09. The zero-order chi connectivity index (χ0) is 18.4. The highest BCUT2D eigenvalue weighted by Crippen LogP contribution is 2.24. The molecule has 0 saturated heterocycles. The number of halogens is 1. The van der Waals surface area contributed by atoms with Crippen LogP contribution in [0, 0.1) is 5.92 Å². The molecule has 2 N–H and O–H groups in total. The van der Waals surface area contributed by atoms with E-state index in [-0.39, 0.29) is 0 Å². The third-order valence-electron chi connectivity index (χ3n) is 4.23. The summed E-state index contributed by atoms with van der Waals surface area (Å²) < 4.78 is 0. The van der Waals surface area contributed by atoms with Crippen LogP contribution in [0.15, 0.2) is 42.6 Å². The lowest BCUT2D eigenvalue weighted by Crippen LogP contribution is -2.38. The van der Waals surface area contributed by atoms with Crippen LogP contribution < -0.4 is 10.6 Å². The molecule has 0 spiro atoms. The van der Waals surface area contributed by atoms with E-state index in [0.717, 1.165) is 29.7 Å². The van der Waals surface area contributed by atoms with E-state index in [1.807, 2.05) is 24.3 Å². The van der Waals surface area contributed by atoms with Crippen molar-refractivity contribution < 1.29 is 9.59 Å². The molecule has 0 unspecified atom stereocenters. The molecule has 2 amide bonds. The highest BCUT2D eigenvalue weighted by molar-refractivity contribution is 7.15. The highest BCUT2D eigenvalue weighted by atomic mass is 35.5. The molecule has 5 nitrogen and oxygen atoms in total. The van der Waals surface area contributed by atoms with Gasteiger partial charge in [-0.25, -0.2) is 4.98 Å². The van der Waals surface area contributed by atoms with Gasteiger partial charge < -0.3 is 5.32 Å². The van der Waals surface area contributed by atoms with E-state index >= 15 is 0 Å². The average molecular weight is 390 g/mol. The van der Waals surface area contributed by atoms with Gasteiger partial charge in [0.15, 0.2) is 5.13 Å². The molecular weight excluding hydrogens is 370 g/mol. The van der Waals surface area contributed by atoms with Gasteiger partial charge in [0.25, 0.3) is 0 Å². The summed E-state index contributed by atoms with van der Waals surface area (Å²) in [5, 5.41) is 6.37. The Bertz CT molecular complexity index is 819. The lowest BCUT2D eigenvalue weighted by atomic mass is 9.94. The first-order valence-corrected chi connectivity index (χ1v) is 9.73. The molecule has 1 aliphatic carbocycles. The molecule has 7 heteroatoms. The number of allylic oxidation sites excluding steroid dienone is 2. The number of anilines is 1. The standard InChI is InChI=1S/C19H20ClN3O2S/c20-16-9-5-4-8-14(16)10-15-12-22-19(26-15)23-18(25)17(24)21-11-13-6-2-1-3-7-13/h1-2,4-5,8-9,12-13H,3,6-7,10-11H2,(H,21,24)(H,22,23,25)/t13-/m0/s1. The Hall–Kier alpha value is -2.18. The fourth-order valence-corrected chi connectivity index (χ4v) is 3.82. The van der Waals surface area contributed by atoms with E-state index < -0.39 is 11.8 Å². The van der Waals surface area contributed by atoms with E-state index in [2.05, 4.69) is 27.8 Å². The van der Waals surface area contributed by atoms with Crippen molar-refractivity contribution in [3.63, 3.8) is 0 Å². The largest absolute Gasteiger partial charge is 0.348 e. The zero-order valence-corrected chi connectivity index (χ0v) is 15.8. The topological polar surface area (TPSA) is 71.1 Å². The van der Waals surface area contributed by atoms with Crippen LogP contribution in [-0.2, 0) is 16.0 Å². The molecule has 0 saturated carbocycles. The Balaban J connectivity index is 1.50. The van der Waals surface area contributed by atoms with Gasteiger partial charge in [0, 0.05) is 29.1 Å². The van der Waals surface area contributed by atoms with Crippen molar-refractivity contribution in [2.24, 2.45) is 5.92 Å². The van der Waals surface area contributed by atoms with Crippen LogP contribution >= 0.6 is 22.9 Å². The van der Waals surface area contributed by atoms with E-state index in [9.17, 15) is 9.59 Å². The third-order valence-corrected chi connectivity index (χ3v) is 5.51. The first-order valence-electron chi connectivity index (χ1n) is 8.54. The molecule has 0 aliphatic heterocycles. The Kier molecular flexibility index (Phi) is 6.41. The Labute approximate surface area is 161 Å². The molecule has 2 aromatic rings. The van der Waals surface area contributed by atoms with Gasteiger partial charge in [-0.1, -0.05) is 42.0 Å². The van der Waals surface area contributed by atoms with Gasteiger partial charge in [0.2, 0.25) is 0 Å². The minimum absolute atomic E-state index is 0.402. The molecule has 1 aromatic carbocycles. The van der Waals surface area contributed by atoms with Crippen molar-refractivity contribution in [2.75, 3.05) is 11.9 Å². The molecule has 1 heterocycles. The number of carbonyl (C=O) groups excluding carboxylic acids is 2. The molecule has 1 aliphatic rings. The Morgan fingerprint density at radius 2 is 2.08 bits per heavy atom. The number of thiazole rings is 1. The summed E-state index contributed by atoms with van der Waals surface area (Å²) in [6, 6.07) is 7.60. The zero-order valence-electron chi connectivity index (χ0n) is 14.2. The van der Waals surface area contributed by atoms with Crippen molar-refractivity contribution >= 4 is 39.9 Å². The third kappa shape index (κ3) is 5.16. The summed E-state index contributed by atoms with van der Waals surface area (Å²) >= 11 is 7.50. The van der Waals surface area contributed by atoms with Gasteiger partial charge in [0.1, 0.15) is 0 Å². The second kappa shape index (κ2) is 8.96. The van der Waals surface area contributed by atoms with Crippen LogP contribution in [0.3, 0.4) is 0 Å². The summed E-state index contributed by atoms with van der Waals surface area (Å²) in [4.78, 5) is 29.1. The summed E-state index contributed by atoms with van der Waals surface area (Å²) in [7, 11) is 0. The lowest BCUT2D eigenvalue weighted by molar-refractivity contribution is -0.136. The second-order valence-corrected chi connectivity index (χ2v) is 7.74. The SMILES string of the molecule is O=C(NC[C@H]1CC=CCC1)C(=O)Nc1ncc(Cc2ccccc2Cl)s1. The predicted molar refractivity (Wildman–Crippen MR) is 104 cm³/mol. The molecular formula is C19H20ClN3O2S. The molecule has 136 valence electrons. The number of hydrogen-bond donors (Lipinski definition) is 2. The smallest absolute Gasteiger partial charge is 0.315 e. The number of carbonyl (C=O) groups is 2. The molecule has 3 rings (SSSR count). The van der Waals surface area contributed by atoms with Crippen molar-refractivity contribution in [1.29, 1.82) is 0 Å².